The van der Waals surface area contributed by atoms with Crippen LogP contribution < -0.4 is 0 Å². The van der Waals surface area contributed by atoms with Crippen molar-refractivity contribution < 1.29 is 27.9 Å². The summed E-state index contributed by atoms with van der Waals surface area (Å²) in [6.45, 7) is 36.1. The molecule has 0 spiro atoms. The second kappa shape index (κ2) is 22.2. The summed E-state index contributed by atoms with van der Waals surface area (Å²) in [4.78, 5) is 25.1. The number of aryl methyl sites for hydroxylation is 2. The molecular formula is C52H80O6Si2. The highest BCUT2D eigenvalue weighted by atomic mass is 28.4. The fraction of sp³-hybridized carbons (Fsp3) is 0.615. The monoisotopic (exact) mass is 857 g/mol. The van der Waals surface area contributed by atoms with Crippen LogP contribution >= 0.6 is 0 Å². The third kappa shape index (κ3) is 16.6. The topological polar surface area (TPSA) is 71.1 Å². The van der Waals surface area contributed by atoms with Crippen LogP contribution in [0.3, 0.4) is 0 Å². The van der Waals surface area contributed by atoms with Crippen LogP contribution in [0.15, 0.2) is 73.4 Å². The zero-order chi connectivity index (χ0) is 45.1. The molecule has 2 heterocycles. The molecule has 0 radical (unpaired) electrons. The standard InChI is InChI=1S/C27H40O3Si.C21H32O3Si.C4H8/c1-18-13-19(2)25-23(14-18)17-24(30-31(7,8)27(4,5)6)12-10-9-11-21-16-22(21)15-20(3)29-26(25)28;1-16-14-18-15-17(18)10-7-8-11-19(12-9-13-20(22)23-16)24-25(5,6)21(2,3)4;1-3-4-2/h9-14,20-22,24H,15-17H2,1-8H3;7-8,10-11,16-19H,12,14-15H2,1-6H3;3H,1,4H2,2H3/b11-9-,12-10+;10-7-,11-8+;/t20-,21+,22+,24?;16-,17+,18+,19?;/m11./s1. The minimum Gasteiger partial charge on any atom is -0.459 e. The number of hydrogen-bond donors (Lipinski definition) is 0. The Bertz CT molecular complexity index is 1790. The quantitative estimate of drug-likeness (QED) is 0.0966. The van der Waals surface area contributed by atoms with E-state index in [0.29, 0.717) is 36.5 Å². The maximum absolute atomic E-state index is 13.2. The highest BCUT2D eigenvalue weighted by Crippen LogP contribution is 2.45. The average molecular weight is 857 g/mol. The molecule has 8 heteroatoms. The summed E-state index contributed by atoms with van der Waals surface area (Å²) in [5.41, 5.74) is 3.88. The van der Waals surface area contributed by atoms with Gasteiger partial charge in [-0.2, -0.15) is 0 Å². The van der Waals surface area contributed by atoms with Gasteiger partial charge in [-0.25, -0.2) is 9.59 Å². The molecule has 2 aliphatic heterocycles. The van der Waals surface area contributed by atoms with Crippen LogP contribution in [0.5, 0.6) is 0 Å². The Morgan fingerprint density at radius 2 is 1.22 bits per heavy atom. The summed E-state index contributed by atoms with van der Waals surface area (Å²) in [5, 5.41) is 0.259. The summed E-state index contributed by atoms with van der Waals surface area (Å²) in [7, 11) is -3.87. The molecule has 0 N–H and O–H groups in total. The van der Waals surface area contributed by atoms with Gasteiger partial charge < -0.3 is 18.3 Å². The van der Waals surface area contributed by atoms with E-state index in [0.717, 1.165) is 41.5 Å². The average Bonchev–Trinajstić information content (AvgIpc) is 4.03. The van der Waals surface area contributed by atoms with Gasteiger partial charge in [0.1, 0.15) is 6.10 Å². The molecule has 0 bridgehead atoms. The largest absolute Gasteiger partial charge is 0.459 e. The van der Waals surface area contributed by atoms with E-state index in [4.69, 9.17) is 18.3 Å². The van der Waals surface area contributed by atoms with Crippen molar-refractivity contribution in [1.82, 2.24) is 0 Å². The molecule has 2 unspecified atom stereocenters. The van der Waals surface area contributed by atoms with E-state index >= 15 is 0 Å². The minimum atomic E-state index is -1.97. The highest BCUT2D eigenvalue weighted by molar-refractivity contribution is 6.74. The van der Waals surface area contributed by atoms with Gasteiger partial charge in [-0.1, -0.05) is 127 Å². The number of benzene rings is 1. The molecule has 60 heavy (non-hydrogen) atoms. The molecule has 1 aromatic rings. The van der Waals surface area contributed by atoms with Crippen LogP contribution in [0.2, 0.25) is 36.3 Å². The van der Waals surface area contributed by atoms with Crippen LogP contribution in [-0.4, -0.2) is 53.0 Å². The molecule has 1 aromatic carbocycles. The molecule has 0 amide bonds. The Morgan fingerprint density at radius 1 is 0.750 bits per heavy atom. The number of hydrogen-bond acceptors (Lipinski definition) is 6. The third-order valence-corrected chi connectivity index (χ3v) is 21.9. The normalized spacial score (nSPS) is 29.3. The molecular weight excluding hydrogens is 777 g/mol. The van der Waals surface area contributed by atoms with Gasteiger partial charge in [-0.3, -0.25) is 0 Å². The Balaban J connectivity index is 0.000000300. The summed E-state index contributed by atoms with van der Waals surface area (Å²) >= 11 is 0. The zero-order valence-electron chi connectivity index (χ0n) is 40.1. The summed E-state index contributed by atoms with van der Waals surface area (Å²) in [5.74, 6) is 7.42. The lowest BCUT2D eigenvalue weighted by Crippen LogP contribution is -2.44. The van der Waals surface area contributed by atoms with E-state index in [1.54, 1.807) is 0 Å². The van der Waals surface area contributed by atoms with Crippen molar-refractivity contribution in [3.05, 3.63) is 95.6 Å². The van der Waals surface area contributed by atoms with Gasteiger partial charge in [0.15, 0.2) is 16.6 Å². The fourth-order valence-corrected chi connectivity index (χ4v) is 9.65. The van der Waals surface area contributed by atoms with Gasteiger partial charge >= 0.3 is 11.9 Å². The number of ether oxygens (including phenoxy) is 2. The lowest BCUT2D eigenvalue weighted by molar-refractivity contribution is -0.141. The second-order valence-electron chi connectivity index (χ2n) is 20.6. The second-order valence-corrected chi connectivity index (χ2v) is 30.1. The van der Waals surface area contributed by atoms with E-state index in [1.807, 2.05) is 26.8 Å². The van der Waals surface area contributed by atoms with Crippen molar-refractivity contribution >= 4 is 28.6 Å². The first-order valence-corrected chi connectivity index (χ1v) is 28.4. The van der Waals surface area contributed by atoms with Gasteiger partial charge in [0.05, 0.1) is 23.9 Å². The van der Waals surface area contributed by atoms with Crippen molar-refractivity contribution in [2.45, 2.75) is 182 Å². The summed E-state index contributed by atoms with van der Waals surface area (Å²) in [6, 6.07) is 4.20. The van der Waals surface area contributed by atoms with Gasteiger partial charge in [0, 0.05) is 18.8 Å². The Morgan fingerprint density at radius 3 is 1.72 bits per heavy atom. The molecule has 6 nitrogen and oxygen atoms in total. The predicted octanol–water partition coefficient (Wildman–Crippen LogP) is 13.4. The molecule has 8 atom stereocenters. The summed E-state index contributed by atoms with van der Waals surface area (Å²) < 4.78 is 24.6. The van der Waals surface area contributed by atoms with Crippen molar-refractivity contribution in [2.75, 3.05) is 0 Å². The van der Waals surface area contributed by atoms with Gasteiger partial charge in [0.25, 0.3) is 0 Å². The van der Waals surface area contributed by atoms with Crippen molar-refractivity contribution in [3.8, 4) is 11.8 Å². The van der Waals surface area contributed by atoms with Gasteiger partial charge in [-0.05, 0) is 131 Å². The number of allylic oxidation sites excluding steroid dienone is 7. The highest BCUT2D eigenvalue weighted by Gasteiger charge is 2.41. The van der Waals surface area contributed by atoms with Gasteiger partial charge in [0.2, 0.25) is 0 Å². The predicted molar refractivity (Wildman–Crippen MR) is 256 cm³/mol. The molecule has 4 aliphatic rings. The molecule has 5 rings (SSSR count). The Kier molecular flexibility index (Phi) is 18.9. The van der Waals surface area contributed by atoms with Crippen molar-refractivity contribution in [2.24, 2.45) is 23.7 Å². The maximum atomic E-state index is 13.2. The maximum Gasteiger partial charge on any atom is 0.384 e. The summed E-state index contributed by atoms with van der Waals surface area (Å²) in [6.07, 6.45) is 25.4. The number of carbonyl (C=O) groups is 2. The third-order valence-electron chi connectivity index (χ3n) is 12.9. The number of fused-ring (bicyclic) bond motifs is 3. The van der Waals surface area contributed by atoms with Crippen molar-refractivity contribution in [1.29, 1.82) is 0 Å². The number of rotatable bonds is 5. The molecule has 2 fully saturated rings. The van der Waals surface area contributed by atoms with Gasteiger partial charge in [-0.15, -0.1) is 6.58 Å². The van der Waals surface area contributed by atoms with Crippen LogP contribution in [0.25, 0.3) is 0 Å². The lowest BCUT2D eigenvalue weighted by atomic mass is 9.94. The number of carbonyl (C=O) groups excluding carboxylic acids is 2. The number of esters is 2. The van der Waals surface area contributed by atoms with Crippen LogP contribution in [-0.2, 0) is 29.5 Å². The minimum absolute atomic E-state index is 0.0667. The first kappa shape index (κ1) is 51.1. The first-order chi connectivity index (χ1) is 27.9. The lowest BCUT2D eigenvalue weighted by Gasteiger charge is -2.39. The smallest absolute Gasteiger partial charge is 0.384 e. The Labute approximate surface area is 368 Å². The van der Waals surface area contributed by atoms with Crippen LogP contribution in [0.1, 0.15) is 128 Å². The number of cyclic esters (lactones) is 2. The molecule has 332 valence electrons. The molecule has 2 saturated carbocycles. The molecule has 2 aliphatic carbocycles. The van der Waals surface area contributed by atoms with Crippen LogP contribution in [0, 0.1) is 49.4 Å². The Hall–Kier alpha value is -3.23. The SMILES string of the molecule is C=CCC.C[C@@H]1C[C@H]2C[C@@H]2/C=C\C=C\C(O[Si](C)(C)C(C)(C)C)CC#CC(=O)O1.Cc1cc(C)c2c(c1)CC(O[Si](C)(C)C(C)(C)C)/C=C/C=C\[C@H]1C[C@@H]1C[C@@H](C)OC2=O. The van der Waals surface area contributed by atoms with E-state index in [9.17, 15) is 9.59 Å². The fourth-order valence-electron chi connectivity index (χ4n) is 7.11. The molecule has 0 aromatic heterocycles. The molecule has 0 saturated heterocycles. The zero-order valence-corrected chi connectivity index (χ0v) is 42.1. The van der Waals surface area contributed by atoms with E-state index in [2.05, 4.69) is 161 Å². The van der Waals surface area contributed by atoms with E-state index < -0.39 is 22.6 Å². The van der Waals surface area contributed by atoms with E-state index in [-0.39, 0.29) is 40.5 Å². The van der Waals surface area contributed by atoms with Crippen LogP contribution in [0.4, 0.5) is 0 Å². The van der Waals surface area contributed by atoms with Crippen molar-refractivity contribution in [3.63, 3.8) is 0 Å². The van der Waals surface area contributed by atoms with E-state index in [1.165, 1.54) is 12.8 Å². The first-order valence-electron chi connectivity index (χ1n) is 22.5.